The fourth-order valence-corrected chi connectivity index (χ4v) is 2.32. The third-order valence-electron chi connectivity index (χ3n) is 3.15. The molecule has 1 aliphatic rings. The van der Waals surface area contributed by atoms with Crippen LogP contribution in [0.5, 0.6) is 0 Å². The predicted molar refractivity (Wildman–Crippen MR) is 59.9 cm³/mol. The summed E-state index contributed by atoms with van der Waals surface area (Å²) in [6, 6.07) is 6.14. The highest BCUT2D eigenvalue weighted by Gasteiger charge is 2.16. The van der Waals surface area contributed by atoms with E-state index in [-0.39, 0.29) is 0 Å². The first-order chi connectivity index (χ1) is 7.43. The second-order valence-electron chi connectivity index (χ2n) is 4.24. The molecule has 2 aromatic rings. The minimum atomic E-state index is 0.783. The summed E-state index contributed by atoms with van der Waals surface area (Å²) in [5.41, 5.74) is 2.39. The number of pyridine rings is 1. The average molecular weight is 201 g/mol. The molecule has 1 atom stereocenters. The summed E-state index contributed by atoms with van der Waals surface area (Å²) in [6.45, 7) is 2.32. The molecule has 1 saturated heterocycles. The first-order valence-electron chi connectivity index (χ1n) is 5.55. The zero-order valence-electron chi connectivity index (χ0n) is 8.69. The highest BCUT2D eigenvalue weighted by molar-refractivity contribution is 5.39. The van der Waals surface area contributed by atoms with E-state index in [1.807, 2.05) is 12.3 Å². The normalized spacial score (nSPS) is 21.2. The van der Waals surface area contributed by atoms with Gasteiger partial charge in [-0.05, 0) is 44.0 Å². The molecule has 78 valence electrons. The van der Waals surface area contributed by atoms with Crippen LogP contribution in [-0.2, 0) is 6.42 Å². The van der Waals surface area contributed by atoms with Crippen LogP contribution in [0.2, 0.25) is 0 Å². The van der Waals surface area contributed by atoms with Crippen LogP contribution >= 0.6 is 0 Å². The summed E-state index contributed by atoms with van der Waals surface area (Å²) in [5.74, 6) is 0.783. The Bertz CT molecular complexity index is 455. The molecule has 3 rings (SSSR count). The lowest BCUT2D eigenvalue weighted by Gasteiger charge is -2.07. The van der Waals surface area contributed by atoms with Gasteiger partial charge in [-0.2, -0.15) is 0 Å². The highest BCUT2D eigenvalue weighted by atomic mass is 15.0. The van der Waals surface area contributed by atoms with Crippen LogP contribution in [-0.4, -0.2) is 22.5 Å². The van der Waals surface area contributed by atoms with Gasteiger partial charge in [-0.3, -0.25) is 0 Å². The lowest BCUT2D eigenvalue weighted by Crippen LogP contribution is -2.11. The summed E-state index contributed by atoms with van der Waals surface area (Å²) >= 11 is 0. The Kier molecular flexibility index (Phi) is 2.18. The predicted octanol–water partition coefficient (Wildman–Crippen LogP) is 1.49. The van der Waals surface area contributed by atoms with E-state index in [0.717, 1.165) is 24.5 Å². The molecule has 1 aliphatic heterocycles. The molecule has 0 saturated carbocycles. The molecule has 1 N–H and O–H groups in total. The van der Waals surface area contributed by atoms with Crippen molar-refractivity contribution < 1.29 is 0 Å². The number of nitrogens with zero attached hydrogens (tertiary/aromatic N) is 2. The van der Waals surface area contributed by atoms with Gasteiger partial charge in [0.2, 0.25) is 0 Å². The van der Waals surface area contributed by atoms with Crippen molar-refractivity contribution >= 4 is 5.65 Å². The lowest BCUT2D eigenvalue weighted by atomic mass is 10.0. The summed E-state index contributed by atoms with van der Waals surface area (Å²) in [6.07, 6.45) is 6.53. The Morgan fingerprint density at radius 3 is 3.33 bits per heavy atom. The highest BCUT2D eigenvalue weighted by Crippen LogP contribution is 2.16. The molecule has 1 fully saturated rings. The van der Waals surface area contributed by atoms with E-state index >= 15 is 0 Å². The average Bonchev–Trinajstić information content (AvgIpc) is 2.89. The molecule has 0 radical (unpaired) electrons. The van der Waals surface area contributed by atoms with Gasteiger partial charge >= 0.3 is 0 Å². The number of rotatable bonds is 2. The maximum Gasteiger partial charge on any atom is 0.136 e. The van der Waals surface area contributed by atoms with Gasteiger partial charge < -0.3 is 9.72 Å². The third-order valence-corrected chi connectivity index (χ3v) is 3.15. The molecule has 3 heteroatoms. The van der Waals surface area contributed by atoms with Gasteiger partial charge in [0.05, 0.1) is 0 Å². The Morgan fingerprint density at radius 1 is 1.47 bits per heavy atom. The number of imidazole rings is 1. The monoisotopic (exact) mass is 201 g/mol. The van der Waals surface area contributed by atoms with Crippen LogP contribution < -0.4 is 5.32 Å². The van der Waals surface area contributed by atoms with Gasteiger partial charge in [-0.15, -0.1) is 0 Å². The number of nitrogens with one attached hydrogen (secondary N) is 1. The Balaban J connectivity index is 1.90. The fraction of sp³-hybridized carbons (Fsp3) is 0.417. The molecule has 0 bridgehead atoms. The van der Waals surface area contributed by atoms with Gasteiger partial charge in [-0.25, -0.2) is 4.98 Å². The van der Waals surface area contributed by atoms with Gasteiger partial charge in [0.25, 0.3) is 0 Å². The SMILES string of the molecule is c1ccn2c(CC3CCNC3)cnc2c1. The third kappa shape index (κ3) is 1.63. The van der Waals surface area contributed by atoms with Gasteiger partial charge in [-0.1, -0.05) is 6.07 Å². The van der Waals surface area contributed by atoms with Gasteiger partial charge in [0, 0.05) is 18.1 Å². The van der Waals surface area contributed by atoms with Crippen molar-refractivity contribution in [2.75, 3.05) is 13.1 Å². The van der Waals surface area contributed by atoms with E-state index in [1.165, 1.54) is 18.7 Å². The summed E-state index contributed by atoms with van der Waals surface area (Å²) in [5, 5.41) is 3.40. The van der Waals surface area contributed by atoms with E-state index in [1.54, 1.807) is 0 Å². The Morgan fingerprint density at radius 2 is 2.47 bits per heavy atom. The second-order valence-corrected chi connectivity index (χ2v) is 4.24. The number of hydrogen-bond donors (Lipinski definition) is 1. The molecule has 0 spiro atoms. The Labute approximate surface area is 89.1 Å². The largest absolute Gasteiger partial charge is 0.316 e. The fourth-order valence-electron chi connectivity index (χ4n) is 2.32. The molecule has 0 aliphatic carbocycles. The number of aromatic nitrogens is 2. The van der Waals surface area contributed by atoms with Crippen molar-refractivity contribution in [1.82, 2.24) is 14.7 Å². The van der Waals surface area contributed by atoms with Crippen molar-refractivity contribution in [3.05, 3.63) is 36.3 Å². The minimum Gasteiger partial charge on any atom is -0.316 e. The van der Waals surface area contributed by atoms with Crippen LogP contribution in [0.15, 0.2) is 30.6 Å². The first kappa shape index (κ1) is 8.92. The molecule has 0 amide bonds. The zero-order valence-corrected chi connectivity index (χ0v) is 8.69. The van der Waals surface area contributed by atoms with Crippen LogP contribution in [0.3, 0.4) is 0 Å². The summed E-state index contributed by atoms with van der Waals surface area (Å²) in [7, 11) is 0. The minimum absolute atomic E-state index is 0.783. The van der Waals surface area contributed by atoms with E-state index in [2.05, 4.69) is 33.0 Å². The molecule has 0 aromatic carbocycles. The van der Waals surface area contributed by atoms with Crippen LogP contribution in [0.4, 0.5) is 0 Å². The van der Waals surface area contributed by atoms with Crippen molar-refractivity contribution in [2.45, 2.75) is 12.8 Å². The first-order valence-corrected chi connectivity index (χ1v) is 5.55. The molecular weight excluding hydrogens is 186 g/mol. The van der Waals surface area contributed by atoms with E-state index in [0.29, 0.717) is 0 Å². The van der Waals surface area contributed by atoms with Crippen LogP contribution in [0, 0.1) is 5.92 Å². The molecule has 3 nitrogen and oxygen atoms in total. The summed E-state index contributed by atoms with van der Waals surface area (Å²) in [4.78, 5) is 4.40. The lowest BCUT2D eigenvalue weighted by molar-refractivity contribution is 0.569. The van der Waals surface area contributed by atoms with Crippen molar-refractivity contribution in [1.29, 1.82) is 0 Å². The molecule has 2 aromatic heterocycles. The molecule has 3 heterocycles. The van der Waals surface area contributed by atoms with E-state index in [4.69, 9.17) is 0 Å². The zero-order chi connectivity index (χ0) is 10.1. The maximum absolute atomic E-state index is 4.40. The number of fused-ring (bicyclic) bond motifs is 1. The van der Waals surface area contributed by atoms with Crippen molar-refractivity contribution in [3.8, 4) is 0 Å². The van der Waals surface area contributed by atoms with Gasteiger partial charge in [0.1, 0.15) is 5.65 Å². The molecule has 1 unspecified atom stereocenters. The van der Waals surface area contributed by atoms with Gasteiger partial charge in [0.15, 0.2) is 0 Å². The standard InChI is InChI=1S/C12H15N3/c1-2-6-15-11(9-14-12(15)3-1)7-10-4-5-13-8-10/h1-3,6,9-10,13H,4-5,7-8H2. The maximum atomic E-state index is 4.40. The van der Waals surface area contributed by atoms with E-state index < -0.39 is 0 Å². The summed E-state index contributed by atoms with van der Waals surface area (Å²) < 4.78 is 2.19. The van der Waals surface area contributed by atoms with E-state index in [9.17, 15) is 0 Å². The quantitative estimate of drug-likeness (QED) is 0.797. The molecule has 15 heavy (non-hydrogen) atoms. The second kappa shape index (κ2) is 3.66. The van der Waals surface area contributed by atoms with Crippen molar-refractivity contribution in [2.24, 2.45) is 5.92 Å². The topological polar surface area (TPSA) is 29.3 Å². The van der Waals surface area contributed by atoms with Crippen LogP contribution in [0.1, 0.15) is 12.1 Å². The Hall–Kier alpha value is -1.35. The number of hydrogen-bond acceptors (Lipinski definition) is 2. The van der Waals surface area contributed by atoms with Crippen LogP contribution in [0.25, 0.3) is 5.65 Å². The molecular formula is C12H15N3. The van der Waals surface area contributed by atoms with Crippen molar-refractivity contribution in [3.63, 3.8) is 0 Å². The smallest absolute Gasteiger partial charge is 0.136 e.